The zero-order chi connectivity index (χ0) is 19.2. The van der Waals surface area contributed by atoms with Crippen LogP contribution in [-0.4, -0.2) is 52.5 Å². The van der Waals surface area contributed by atoms with Gasteiger partial charge in [-0.3, -0.25) is 10.1 Å². The molecule has 0 aliphatic heterocycles. The topological polar surface area (TPSA) is 139 Å². The third kappa shape index (κ3) is 6.75. The first-order valence-electron chi connectivity index (χ1n) is 7.18. The Labute approximate surface area is 148 Å². The zero-order valence-corrected chi connectivity index (χ0v) is 15.3. The normalized spacial score (nSPS) is 12.9. The number of carboxylic acid groups (broad SMARTS) is 1. The van der Waals surface area contributed by atoms with Crippen LogP contribution in [0.2, 0.25) is 0 Å². The molecule has 1 aromatic rings. The minimum Gasteiger partial charge on any atom is -0.476 e. The van der Waals surface area contributed by atoms with E-state index in [0.29, 0.717) is 0 Å². The number of aromatic nitrogens is 1. The highest BCUT2D eigenvalue weighted by Gasteiger charge is 2.21. The number of anilines is 1. The van der Waals surface area contributed by atoms with Crippen molar-refractivity contribution < 1.29 is 29.1 Å². The van der Waals surface area contributed by atoms with Crippen LogP contribution in [0.25, 0.3) is 0 Å². The van der Waals surface area contributed by atoms with Crippen LogP contribution >= 0.6 is 11.3 Å². The quantitative estimate of drug-likeness (QED) is 0.507. The lowest BCUT2D eigenvalue weighted by Gasteiger charge is -2.18. The van der Waals surface area contributed by atoms with Gasteiger partial charge in [-0.15, -0.1) is 11.3 Å². The first-order chi connectivity index (χ1) is 11.5. The van der Waals surface area contributed by atoms with E-state index in [-0.39, 0.29) is 10.8 Å². The lowest BCUT2D eigenvalue weighted by atomic mass is 10.2. The number of carbonyl (C=O) groups is 3. The number of nitrogens with zero attached hydrogens (tertiary/aromatic N) is 2. The van der Waals surface area contributed by atoms with E-state index in [1.807, 2.05) is 0 Å². The average molecular weight is 372 g/mol. The van der Waals surface area contributed by atoms with Gasteiger partial charge in [0.15, 0.2) is 5.13 Å². The number of nitrogens with one attached hydrogen (secondary N) is 2. The molecule has 0 fully saturated rings. The number of carbonyl (C=O) groups excluding carboxylic acids is 2. The van der Waals surface area contributed by atoms with Crippen molar-refractivity contribution in [2.75, 3.05) is 12.4 Å². The van der Waals surface area contributed by atoms with E-state index >= 15 is 0 Å². The van der Waals surface area contributed by atoms with Gasteiger partial charge in [0.05, 0.1) is 0 Å². The van der Waals surface area contributed by atoms with E-state index in [1.165, 1.54) is 19.4 Å². The SMILES string of the molecule is CNC(=O)C(C)O/N=C(\C(=O)O)c1csc(NC(=O)OC(C)(C)C)n1. The highest BCUT2D eigenvalue weighted by molar-refractivity contribution is 7.14. The molecule has 11 heteroatoms. The summed E-state index contributed by atoms with van der Waals surface area (Å²) < 4.78 is 5.08. The standard InChI is InChI=1S/C14H20N4O6S/c1-7(10(19)15-5)24-18-9(11(20)21)8-6-25-12(16-8)17-13(22)23-14(2,3)4/h6-7H,1-5H3,(H,15,19)(H,20,21)(H,16,17,22)/b18-9-. The van der Waals surface area contributed by atoms with Gasteiger partial charge in [-0.25, -0.2) is 14.6 Å². The van der Waals surface area contributed by atoms with Crippen molar-refractivity contribution in [2.24, 2.45) is 5.16 Å². The first-order valence-corrected chi connectivity index (χ1v) is 8.06. The summed E-state index contributed by atoms with van der Waals surface area (Å²) in [5, 5.41) is 19.0. The minimum absolute atomic E-state index is 0.0207. The minimum atomic E-state index is -1.39. The molecule has 138 valence electrons. The third-order valence-electron chi connectivity index (χ3n) is 2.47. The van der Waals surface area contributed by atoms with Gasteiger partial charge in [0.2, 0.25) is 11.8 Å². The number of hydrogen-bond acceptors (Lipinski definition) is 8. The molecule has 0 aliphatic rings. The number of ether oxygens (including phenoxy) is 1. The van der Waals surface area contributed by atoms with Crippen molar-refractivity contribution in [1.29, 1.82) is 0 Å². The predicted molar refractivity (Wildman–Crippen MR) is 90.8 cm³/mol. The van der Waals surface area contributed by atoms with Gasteiger partial charge >= 0.3 is 12.1 Å². The molecular formula is C14H20N4O6S. The van der Waals surface area contributed by atoms with Crippen molar-refractivity contribution in [2.45, 2.75) is 39.4 Å². The number of amides is 2. The maximum atomic E-state index is 11.7. The molecule has 1 atom stereocenters. The van der Waals surface area contributed by atoms with E-state index in [9.17, 15) is 19.5 Å². The summed E-state index contributed by atoms with van der Waals surface area (Å²) in [4.78, 5) is 43.2. The second-order valence-electron chi connectivity index (χ2n) is 5.77. The van der Waals surface area contributed by atoms with Crippen LogP contribution in [0.3, 0.4) is 0 Å². The highest BCUT2D eigenvalue weighted by Crippen LogP contribution is 2.18. The number of oxime groups is 1. The predicted octanol–water partition coefficient (Wildman–Crippen LogP) is 1.43. The van der Waals surface area contributed by atoms with Crippen LogP contribution < -0.4 is 10.6 Å². The largest absolute Gasteiger partial charge is 0.476 e. The van der Waals surface area contributed by atoms with E-state index in [1.54, 1.807) is 20.8 Å². The van der Waals surface area contributed by atoms with Gasteiger partial charge in [0.25, 0.3) is 5.91 Å². The maximum Gasteiger partial charge on any atom is 0.413 e. The van der Waals surface area contributed by atoms with Crippen molar-refractivity contribution in [3.05, 3.63) is 11.1 Å². The Balaban J connectivity index is 2.86. The Bertz CT molecular complexity index is 679. The molecule has 1 unspecified atom stereocenters. The van der Waals surface area contributed by atoms with Gasteiger partial charge < -0.3 is 20.0 Å². The fourth-order valence-electron chi connectivity index (χ4n) is 1.41. The molecule has 2 amide bonds. The summed E-state index contributed by atoms with van der Waals surface area (Å²) in [5.41, 5.74) is -1.20. The molecule has 0 aliphatic carbocycles. The Morgan fingerprint density at radius 3 is 2.52 bits per heavy atom. The van der Waals surface area contributed by atoms with Gasteiger partial charge in [-0.1, -0.05) is 5.16 Å². The number of aliphatic carboxylic acids is 1. The molecule has 0 saturated heterocycles. The lowest BCUT2D eigenvalue weighted by molar-refractivity contribution is -0.133. The van der Waals surface area contributed by atoms with Crippen LogP contribution in [-0.2, 0) is 19.2 Å². The smallest absolute Gasteiger partial charge is 0.413 e. The van der Waals surface area contributed by atoms with E-state index < -0.39 is 35.4 Å². The monoisotopic (exact) mass is 372 g/mol. The molecule has 1 rings (SSSR count). The van der Waals surface area contributed by atoms with Crippen LogP contribution in [0, 0.1) is 0 Å². The molecule has 25 heavy (non-hydrogen) atoms. The average Bonchev–Trinajstić information content (AvgIpc) is 2.91. The number of thiazole rings is 1. The Morgan fingerprint density at radius 1 is 1.36 bits per heavy atom. The molecule has 0 spiro atoms. The summed E-state index contributed by atoms with van der Waals surface area (Å²) >= 11 is 0.993. The molecule has 10 nitrogen and oxygen atoms in total. The third-order valence-corrected chi connectivity index (χ3v) is 3.23. The molecule has 0 aromatic carbocycles. The van der Waals surface area contributed by atoms with E-state index in [0.717, 1.165) is 11.3 Å². The van der Waals surface area contributed by atoms with Crippen molar-refractivity contribution in [1.82, 2.24) is 10.3 Å². The number of carboxylic acids is 1. The molecule has 0 radical (unpaired) electrons. The molecular weight excluding hydrogens is 352 g/mol. The van der Waals surface area contributed by atoms with Gasteiger partial charge in [0.1, 0.15) is 11.3 Å². The molecule has 1 aromatic heterocycles. The second-order valence-corrected chi connectivity index (χ2v) is 6.63. The summed E-state index contributed by atoms with van der Waals surface area (Å²) in [5.74, 6) is -1.85. The number of rotatable bonds is 6. The summed E-state index contributed by atoms with van der Waals surface area (Å²) in [6.07, 6.45) is -1.69. The fraction of sp³-hybridized carbons (Fsp3) is 0.500. The van der Waals surface area contributed by atoms with E-state index in [4.69, 9.17) is 9.57 Å². The van der Waals surface area contributed by atoms with E-state index in [2.05, 4.69) is 20.8 Å². The zero-order valence-electron chi connectivity index (χ0n) is 14.4. The van der Waals surface area contributed by atoms with Gasteiger partial charge in [-0.05, 0) is 27.7 Å². The summed E-state index contributed by atoms with van der Waals surface area (Å²) in [7, 11) is 1.42. The Morgan fingerprint density at radius 2 is 2.00 bits per heavy atom. The van der Waals surface area contributed by atoms with Crippen molar-refractivity contribution in [3.63, 3.8) is 0 Å². The van der Waals surface area contributed by atoms with Crippen molar-refractivity contribution in [3.8, 4) is 0 Å². The van der Waals surface area contributed by atoms with Crippen LogP contribution in [0.4, 0.5) is 9.93 Å². The number of hydrogen-bond donors (Lipinski definition) is 3. The van der Waals surface area contributed by atoms with Crippen molar-refractivity contribution >= 4 is 40.1 Å². The Kier molecular flexibility index (Phi) is 6.86. The lowest BCUT2D eigenvalue weighted by Crippen LogP contribution is -2.31. The first kappa shape index (κ1) is 20.4. The highest BCUT2D eigenvalue weighted by atomic mass is 32.1. The molecule has 3 N–H and O–H groups in total. The van der Waals surface area contributed by atoms with Crippen LogP contribution in [0.15, 0.2) is 10.5 Å². The summed E-state index contributed by atoms with van der Waals surface area (Å²) in [6, 6.07) is 0. The Hall–Kier alpha value is -2.69. The van der Waals surface area contributed by atoms with Crippen LogP contribution in [0.1, 0.15) is 33.4 Å². The van der Waals surface area contributed by atoms with Crippen LogP contribution in [0.5, 0.6) is 0 Å². The van der Waals surface area contributed by atoms with Gasteiger partial charge in [0, 0.05) is 12.4 Å². The molecule has 0 bridgehead atoms. The van der Waals surface area contributed by atoms with Gasteiger partial charge in [-0.2, -0.15) is 0 Å². The molecule has 1 heterocycles. The number of likely N-dealkylation sites (N-methyl/N-ethyl adjacent to an activating group) is 1. The summed E-state index contributed by atoms with van der Waals surface area (Å²) in [6.45, 7) is 6.54. The second kappa shape index (κ2) is 8.42. The maximum absolute atomic E-state index is 11.7. The fourth-order valence-corrected chi connectivity index (χ4v) is 2.09. The molecule has 0 saturated carbocycles.